The summed E-state index contributed by atoms with van der Waals surface area (Å²) < 4.78 is 19.0. The quantitative estimate of drug-likeness (QED) is 0.595. The number of anilines is 2. The number of benzene rings is 3. The molecule has 27 heavy (non-hydrogen) atoms. The highest BCUT2D eigenvalue weighted by Gasteiger charge is 2.08. The number of ether oxygens (including phenoxy) is 1. The second kappa shape index (κ2) is 9.05. The van der Waals surface area contributed by atoms with Crippen LogP contribution in [0.2, 0.25) is 5.02 Å². The molecule has 1 amide bonds. The topological polar surface area (TPSA) is 50.4 Å². The van der Waals surface area contributed by atoms with E-state index in [1.54, 1.807) is 12.1 Å². The summed E-state index contributed by atoms with van der Waals surface area (Å²) in [6, 6.07) is 21.2. The van der Waals surface area contributed by atoms with Crippen LogP contribution >= 0.6 is 11.6 Å². The summed E-state index contributed by atoms with van der Waals surface area (Å²) in [5.74, 6) is -0.179. The Balaban J connectivity index is 1.58. The van der Waals surface area contributed by atoms with Gasteiger partial charge in [0.25, 0.3) is 0 Å². The van der Waals surface area contributed by atoms with Crippen LogP contribution in [-0.2, 0) is 11.4 Å². The second-order valence-corrected chi connectivity index (χ2v) is 6.21. The Hall–Kier alpha value is -3.05. The van der Waals surface area contributed by atoms with Crippen LogP contribution in [0.1, 0.15) is 5.56 Å². The number of hydrogen-bond acceptors (Lipinski definition) is 3. The highest BCUT2D eigenvalue weighted by atomic mass is 35.5. The summed E-state index contributed by atoms with van der Waals surface area (Å²) in [5.41, 5.74) is 2.18. The van der Waals surface area contributed by atoms with Gasteiger partial charge in [0.2, 0.25) is 5.91 Å². The zero-order chi connectivity index (χ0) is 19.1. The molecule has 138 valence electrons. The first-order valence-electron chi connectivity index (χ1n) is 8.36. The lowest BCUT2D eigenvalue weighted by atomic mass is 10.2. The molecular formula is C21H18ClFN2O2. The molecule has 0 fully saturated rings. The van der Waals surface area contributed by atoms with Gasteiger partial charge in [0, 0.05) is 5.69 Å². The molecular weight excluding hydrogens is 367 g/mol. The molecule has 0 heterocycles. The molecule has 3 aromatic carbocycles. The molecule has 0 aliphatic rings. The highest BCUT2D eigenvalue weighted by Crippen LogP contribution is 2.25. The number of nitrogens with one attached hydrogen (secondary N) is 2. The Bertz CT molecular complexity index is 919. The SMILES string of the molecule is O=C(CNc1ccc(F)c(Cl)c1)Nc1ccccc1OCc1ccccc1. The standard InChI is InChI=1S/C21H18ClFN2O2/c22-17-12-16(10-11-18(17)23)24-13-21(26)25-19-8-4-5-9-20(19)27-14-15-6-2-1-3-7-15/h1-12,24H,13-14H2,(H,25,26). The molecule has 3 aromatic rings. The maximum Gasteiger partial charge on any atom is 0.243 e. The van der Waals surface area contributed by atoms with Gasteiger partial charge in [0.15, 0.2) is 0 Å². The van der Waals surface area contributed by atoms with E-state index in [4.69, 9.17) is 16.3 Å². The summed E-state index contributed by atoms with van der Waals surface area (Å²) in [6.45, 7) is 0.412. The molecule has 0 spiro atoms. The Morgan fingerprint density at radius 3 is 2.52 bits per heavy atom. The minimum absolute atomic E-state index is 0.0000609. The molecule has 0 unspecified atom stereocenters. The van der Waals surface area contributed by atoms with Crippen molar-refractivity contribution in [2.45, 2.75) is 6.61 Å². The van der Waals surface area contributed by atoms with E-state index in [1.165, 1.54) is 18.2 Å². The van der Waals surface area contributed by atoms with Crippen molar-refractivity contribution in [1.29, 1.82) is 0 Å². The lowest BCUT2D eigenvalue weighted by molar-refractivity contribution is -0.114. The summed E-state index contributed by atoms with van der Waals surface area (Å²) >= 11 is 5.73. The van der Waals surface area contributed by atoms with Crippen LogP contribution in [0, 0.1) is 5.82 Å². The number of halogens is 2. The van der Waals surface area contributed by atoms with E-state index in [9.17, 15) is 9.18 Å². The molecule has 4 nitrogen and oxygen atoms in total. The lowest BCUT2D eigenvalue weighted by Crippen LogP contribution is -2.22. The zero-order valence-electron chi connectivity index (χ0n) is 14.4. The van der Waals surface area contributed by atoms with E-state index < -0.39 is 5.82 Å². The van der Waals surface area contributed by atoms with Crippen LogP contribution in [0.25, 0.3) is 0 Å². The molecule has 6 heteroatoms. The van der Waals surface area contributed by atoms with Gasteiger partial charge in [-0.3, -0.25) is 4.79 Å². The van der Waals surface area contributed by atoms with Gasteiger partial charge in [0.1, 0.15) is 18.2 Å². The number of carbonyl (C=O) groups excluding carboxylic acids is 1. The number of hydrogen-bond donors (Lipinski definition) is 2. The fourth-order valence-corrected chi connectivity index (χ4v) is 2.59. The smallest absolute Gasteiger partial charge is 0.243 e. The molecule has 0 saturated heterocycles. The average Bonchev–Trinajstić information content (AvgIpc) is 2.69. The maximum atomic E-state index is 13.2. The zero-order valence-corrected chi connectivity index (χ0v) is 15.2. The van der Waals surface area contributed by atoms with Crippen molar-refractivity contribution in [3.05, 3.63) is 89.2 Å². The molecule has 2 N–H and O–H groups in total. The van der Waals surface area contributed by atoms with Crippen LogP contribution in [0.4, 0.5) is 15.8 Å². The first kappa shape index (κ1) is 18.7. The van der Waals surface area contributed by atoms with E-state index in [0.29, 0.717) is 23.7 Å². The second-order valence-electron chi connectivity index (χ2n) is 5.80. The van der Waals surface area contributed by atoms with Crippen LogP contribution in [0.3, 0.4) is 0 Å². The number of amides is 1. The van der Waals surface area contributed by atoms with Gasteiger partial charge in [-0.15, -0.1) is 0 Å². The summed E-state index contributed by atoms with van der Waals surface area (Å²) in [5, 5.41) is 5.72. The first-order chi connectivity index (χ1) is 13.1. The molecule has 0 aromatic heterocycles. The highest BCUT2D eigenvalue weighted by molar-refractivity contribution is 6.31. The molecule has 3 rings (SSSR count). The Labute approximate surface area is 161 Å². The van der Waals surface area contributed by atoms with Crippen LogP contribution < -0.4 is 15.4 Å². The number of carbonyl (C=O) groups is 1. The molecule has 0 aliphatic carbocycles. The van der Waals surface area contributed by atoms with Gasteiger partial charge in [0.05, 0.1) is 17.3 Å². The minimum Gasteiger partial charge on any atom is -0.487 e. The monoisotopic (exact) mass is 384 g/mol. The van der Waals surface area contributed by atoms with Crippen LogP contribution in [0.15, 0.2) is 72.8 Å². The molecule has 0 atom stereocenters. The van der Waals surface area contributed by atoms with E-state index in [2.05, 4.69) is 10.6 Å². The number of rotatable bonds is 7. The van der Waals surface area contributed by atoms with Gasteiger partial charge in [-0.25, -0.2) is 4.39 Å². The van der Waals surface area contributed by atoms with E-state index in [1.807, 2.05) is 42.5 Å². The Morgan fingerprint density at radius 1 is 1.00 bits per heavy atom. The Kier molecular flexibility index (Phi) is 6.28. The van der Waals surface area contributed by atoms with Crippen molar-refractivity contribution in [2.75, 3.05) is 17.2 Å². The molecule has 0 radical (unpaired) electrons. The normalized spacial score (nSPS) is 10.3. The van der Waals surface area contributed by atoms with Crippen molar-refractivity contribution in [2.24, 2.45) is 0 Å². The first-order valence-corrected chi connectivity index (χ1v) is 8.74. The lowest BCUT2D eigenvalue weighted by Gasteiger charge is -2.13. The van der Waals surface area contributed by atoms with Gasteiger partial charge < -0.3 is 15.4 Å². The third-order valence-electron chi connectivity index (χ3n) is 3.77. The summed E-state index contributed by atoms with van der Waals surface area (Å²) in [6.07, 6.45) is 0. The fraction of sp³-hybridized carbons (Fsp3) is 0.0952. The third kappa shape index (κ3) is 5.46. The van der Waals surface area contributed by atoms with Gasteiger partial charge in [-0.1, -0.05) is 54.1 Å². The van der Waals surface area contributed by atoms with E-state index in [0.717, 1.165) is 5.56 Å². The predicted octanol–water partition coefficient (Wildman–Crippen LogP) is 5.11. The van der Waals surface area contributed by atoms with E-state index >= 15 is 0 Å². The predicted molar refractivity (Wildman–Crippen MR) is 106 cm³/mol. The van der Waals surface area contributed by atoms with Crippen molar-refractivity contribution < 1.29 is 13.9 Å². The summed E-state index contributed by atoms with van der Waals surface area (Å²) in [4.78, 5) is 12.2. The van der Waals surface area contributed by atoms with Crippen molar-refractivity contribution >= 4 is 28.9 Å². The van der Waals surface area contributed by atoms with Crippen LogP contribution in [0.5, 0.6) is 5.75 Å². The number of para-hydroxylation sites is 2. The van der Waals surface area contributed by atoms with Crippen molar-refractivity contribution in [3.8, 4) is 5.75 Å². The fourth-order valence-electron chi connectivity index (χ4n) is 2.41. The van der Waals surface area contributed by atoms with Crippen LogP contribution in [-0.4, -0.2) is 12.5 Å². The van der Waals surface area contributed by atoms with Crippen molar-refractivity contribution in [1.82, 2.24) is 0 Å². The van der Waals surface area contributed by atoms with E-state index in [-0.39, 0.29) is 17.5 Å². The Morgan fingerprint density at radius 2 is 1.74 bits per heavy atom. The molecule has 0 aliphatic heterocycles. The maximum absolute atomic E-state index is 13.2. The van der Waals surface area contributed by atoms with Crippen molar-refractivity contribution in [3.63, 3.8) is 0 Å². The van der Waals surface area contributed by atoms with Gasteiger partial charge >= 0.3 is 0 Å². The van der Waals surface area contributed by atoms with Gasteiger partial charge in [-0.05, 0) is 35.9 Å². The van der Waals surface area contributed by atoms with Gasteiger partial charge in [-0.2, -0.15) is 0 Å². The molecule has 0 bridgehead atoms. The molecule has 0 saturated carbocycles. The minimum atomic E-state index is -0.504. The third-order valence-corrected chi connectivity index (χ3v) is 4.06. The average molecular weight is 385 g/mol. The largest absolute Gasteiger partial charge is 0.487 e. The summed E-state index contributed by atoms with van der Waals surface area (Å²) in [7, 11) is 0.